The second-order valence-corrected chi connectivity index (χ2v) is 3.69. The molecule has 0 fully saturated rings. The van der Waals surface area contributed by atoms with E-state index in [1.807, 2.05) is 32.9 Å². The van der Waals surface area contributed by atoms with Gasteiger partial charge in [0.25, 0.3) is 5.91 Å². The van der Waals surface area contributed by atoms with Crippen LogP contribution in [-0.2, 0) is 4.79 Å². The Balaban J connectivity index is 2.69. The fraction of sp³-hybridized carbons (Fsp3) is 0.500. The van der Waals surface area contributed by atoms with E-state index in [-0.39, 0.29) is 17.9 Å². The molecule has 3 nitrogen and oxygen atoms in total. The van der Waals surface area contributed by atoms with Gasteiger partial charge in [-0.25, -0.2) is 0 Å². The van der Waals surface area contributed by atoms with Crippen LogP contribution >= 0.6 is 0 Å². The molecule has 13 heavy (non-hydrogen) atoms. The molecule has 1 rings (SSSR count). The van der Waals surface area contributed by atoms with Gasteiger partial charge in [0.15, 0.2) is 0 Å². The summed E-state index contributed by atoms with van der Waals surface area (Å²) in [6, 6.07) is 0.150. The molecule has 0 aliphatic heterocycles. The van der Waals surface area contributed by atoms with Crippen molar-refractivity contribution in [2.45, 2.75) is 26.8 Å². The van der Waals surface area contributed by atoms with Gasteiger partial charge in [-0.3, -0.25) is 4.79 Å². The van der Waals surface area contributed by atoms with Gasteiger partial charge in [0.1, 0.15) is 0 Å². The molecule has 1 aliphatic rings. The molecule has 1 aliphatic carbocycles. The molecule has 0 heterocycles. The standard InChI is InChI=1S/C10H16N2O/c1-6(2)12-10(13)8-4-7(3)5-9(8)11/h4-7H,11H2,1-3H3,(H,12,13). The first-order chi connectivity index (χ1) is 6.00. The van der Waals surface area contributed by atoms with Crippen molar-refractivity contribution in [2.24, 2.45) is 11.7 Å². The Labute approximate surface area is 78.7 Å². The first kappa shape index (κ1) is 9.84. The van der Waals surface area contributed by atoms with Crippen molar-refractivity contribution in [3.05, 3.63) is 23.4 Å². The number of allylic oxidation sites excluding steroid dienone is 2. The number of hydrogen-bond acceptors (Lipinski definition) is 2. The van der Waals surface area contributed by atoms with Gasteiger partial charge in [-0.2, -0.15) is 0 Å². The van der Waals surface area contributed by atoms with Gasteiger partial charge in [-0.15, -0.1) is 0 Å². The summed E-state index contributed by atoms with van der Waals surface area (Å²) in [5.41, 5.74) is 6.88. The Morgan fingerprint density at radius 1 is 1.54 bits per heavy atom. The largest absolute Gasteiger partial charge is 0.398 e. The highest BCUT2D eigenvalue weighted by atomic mass is 16.1. The zero-order valence-electron chi connectivity index (χ0n) is 8.29. The minimum absolute atomic E-state index is 0.0758. The van der Waals surface area contributed by atoms with Crippen LogP contribution in [0.15, 0.2) is 23.4 Å². The maximum absolute atomic E-state index is 11.5. The van der Waals surface area contributed by atoms with Gasteiger partial charge in [-0.05, 0) is 19.8 Å². The zero-order chi connectivity index (χ0) is 10.0. The van der Waals surface area contributed by atoms with Crippen molar-refractivity contribution < 1.29 is 4.79 Å². The number of carbonyl (C=O) groups is 1. The normalized spacial score (nSPS) is 21.4. The summed E-state index contributed by atoms with van der Waals surface area (Å²) in [7, 11) is 0. The topological polar surface area (TPSA) is 55.1 Å². The van der Waals surface area contributed by atoms with Gasteiger partial charge in [-0.1, -0.05) is 19.1 Å². The van der Waals surface area contributed by atoms with Crippen molar-refractivity contribution in [3.63, 3.8) is 0 Å². The third-order valence-electron chi connectivity index (χ3n) is 1.85. The fourth-order valence-corrected chi connectivity index (χ4v) is 1.33. The number of nitrogens with two attached hydrogens (primary N) is 1. The zero-order valence-corrected chi connectivity index (χ0v) is 8.29. The highest BCUT2D eigenvalue weighted by Gasteiger charge is 2.18. The van der Waals surface area contributed by atoms with Gasteiger partial charge in [0.05, 0.1) is 5.57 Å². The van der Waals surface area contributed by atoms with E-state index in [0.717, 1.165) is 0 Å². The Kier molecular flexibility index (Phi) is 2.76. The summed E-state index contributed by atoms with van der Waals surface area (Å²) in [6.07, 6.45) is 3.77. The number of carbonyl (C=O) groups excluding carboxylic acids is 1. The molecular formula is C10H16N2O. The van der Waals surface area contributed by atoms with E-state index >= 15 is 0 Å². The highest BCUT2D eigenvalue weighted by molar-refractivity contribution is 5.98. The Hall–Kier alpha value is -1.25. The maximum Gasteiger partial charge on any atom is 0.253 e. The lowest BCUT2D eigenvalue weighted by molar-refractivity contribution is -0.117. The second kappa shape index (κ2) is 3.64. The van der Waals surface area contributed by atoms with Gasteiger partial charge < -0.3 is 11.1 Å². The molecule has 0 saturated carbocycles. The summed E-state index contributed by atoms with van der Waals surface area (Å²) in [6.45, 7) is 5.86. The third-order valence-corrected chi connectivity index (χ3v) is 1.85. The van der Waals surface area contributed by atoms with Crippen molar-refractivity contribution in [1.29, 1.82) is 0 Å². The lowest BCUT2D eigenvalue weighted by Crippen LogP contribution is -2.32. The first-order valence-electron chi connectivity index (χ1n) is 4.51. The van der Waals surface area contributed by atoms with Crippen LogP contribution in [0.2, 0.25) is 0 Å². The first-order valence-corrected chi connectivity index (χ1v) is 4.51. The van der Waals surface area contributed by atoms with Crippen molar-refractivity contribution in [2.75, 3.05) is 0 Å². The van der Waals surface area contributed by atoms with E-state index in [0.29, 0.717) is 11.3 Å². The highest BCUT2D eigenvalue weighted by Crippen LogP contribution is 2.19. The summed E-state index contributed by atoms with van der Waals surface area (Å²) in [5, 5.41) is 2.81. The third kappa shape index (κ3) is 2.34. The molecule has 1 amide bonds. The molecule has 0 aromatic heterocycles. The lowest BCUT2D eigenvalue weighted by atomic mass is 10.2. The molecule has 3 heteroatoms. The molecule has 0 bridgehead atoms. The van der Waals surface area contributed by atoms with E-state index in [9.17, 15) is 4.79 Å². The predicted octanol–water partition coefficient (Wildman–Crippen LogP) is 0.930. The molecule has 3 N–H and O–H groups in total. The second-order valence-electron chi connectivity index (χ2n) is 3.69. The molecular weight excluding hydrogens is 164 g/mol. The number of rotatable bonds is 2. The van der Waals surface area contributed by atoms with Gasteiger partial charge in [0, 0.05) is 11.7 Å². The molecule has 1 unspecified atom stereocenters. The monoisotopic (exact) mass is 180 g/mol. The van der Waals surface area contributed by atoms with Crippen LogP contribution in [-0.4, -0.2) is 11.9 Å². The smallest absolute Gasteiger partial charge is 0.253 e. The SMILES string of the molecule is CC1C=C(N)C(C(=O)NC(C)C)=C1. The number of amides is 1. The van der Waals surface area contributed by atoms with E-state index in [1.54, 1.807) is 0 Å². The Morgan fingerprint density at radius 2 is 2.15 bits per heavy atom. The van der Waals surface area contributed by atoms with Crippen molar-refractivity contribution in [1.82, 2.24) is 5.32 Å². The van der Waals surface area contributed by atoms with E-state index in [2.05, 4.69) is 5.32 Å². The predicted molar refractivity (Wildman–Crippen MR) is 52.8 cm³/mol. The van der Waals surface area contributed by atoms with E-state index in [4.69, 9.17) is 5.73 Å². The van der Waals surface area contributed by atoms with E-state index in [1.165, 1.54) is 0 Å². The molecule has 0 spiro atoms. The average Bonchev–Trinajstić information content (AvgIpc) is 2.28. The summed E-state index contributed by atoms with van der Waals surface area (Å²) in [5.74, 6) is 0.195. The van der Waals surface area contributed by atoms with Crippen molar-refractivity contribution in [3.8, 4) is 0 Å². The van der Waals surface area contributed by atoms with Crippen LogP contribution in [0, 0.1) is 5.92 Å². The minimum Gasteiger partial charge on any atom is -0.398 e. The Morgan fingerprint density at radius 3 is 2.54 bits per heavy atom. The lowest BCUT2D eigenvalue weighted by Gasteiger charge is -2.09. The summed E-state index contributed by atoms with van der Waals surface area (Å²) < 4.78 is 0. The molecule has 0 aromatic carbocycles. The van der Waals surface area contributed by atoms with Gasteiger partial charge >= 0.3 is 0 Å². The van der Waals surface area contributed by atoms with Crippen molar-refractivity contribution >= 4 is 5.91 Å². The summed E-state index contributed by atoms with van der Waals surface area (Å²) >= 11 is 0. The van der Waals surface area contributed by atoms with Crippen LogP contribution in [0.3, 0.4) is 0 Å². The van der Waals surface area contributed by atoms with Crippen LogP contribution in [0.4, 0.5) is 0 Å². The number of nitrogens with one attached hydrogen (secondary N) is 1. The molecule has 0 aromatic rings. The molecule has 72 valence electrons. The molecule has 0 radical (unpaired) electrons. The van der Waals surface area contributed by atoms with E-state index < -0.39 is 0 Å². The van der Waals surface area contributed by atoms with Crippen LogP contribution in [0.1, 0.15) is 20.8 Å². The van der Waals surface area contributed by atoms with Gasteiger partial charge in [0.2, 0.25) is 0 Å². The fourth-order valence-electron chi connectivity index (χ4n) is 1.33. The number of hydrogen-bond donors (Lipinski definition) is 2. The molecule has 0 saturated heterocycles. The van der Waals surface area contributed by atoms with Crippen LogP contribution in [0.25, 0.3) is 0 Å². The quantitative estimate of drug-likeness (QED) is 0.664. The Bertz CT molecular complexity index is 277. The average molecular weight is 180 g/mol. The minimum atomic E-state index is -0.0758. The summed E-state index contributed by atoms with van der Waals surface area (Å²) in [4.78, 5) is 11.5. The van der Waals surface area contributed by atoms with Crippen LogP contribution < -0.4 is 11.1 Å². The maximum atomic E-state index is 11.5. The van der Waals surface area contributed by atoms with Crippen LogP contribution in [0.5, 0.6) is 0 Å². The molecule has 1 atom stereocenters.